The predicted octanol–water partition coefficient (Wildman–Crippen LogP) is -1.68. The van der Waals surface area contributed by atoms with Crippen LogP contribution in [0.25, 0.3) is 0 Å². The number of aliphatic imine (C=N–C) groups is 1. The summed E-state index contributed by atoms with van der Waals surface area (Å²) in [6, 6.07) is -0.143. The Hall–Kier alpha value is -1.74. The van der Waals surface area contributed by atoms with Crippen molar-refractivity contribution in [3.63, 3.8) is 0 Å². The second kappa shape index (κ2) is 6.69. The third-order valence-electron chi connectivity index (χ3n) is 1.80. The molecule has 0 aliphatic carbocycles. The van der Waals surface area contributed by atoms with Crippen molar-refractivity contribution >= 4 is 5.96 Å². The lowest BCUT2D eigenvalue weighted by Crippen LogP contribution is -2.43. The van der Waals surface area contributed by atoms with Gasteiger partial charge >= 0.3 is 0 Å². The van der Waals surface area contributed by atoms with E-state index in [0.29, 0.717) is 24.9 Å². The van der Waals surface area contributed by atoms with E-state index in [1.165, 1.54) is 0 Å². The van der Waals surface area contributed by atoms with Crippen molar-refractivity contribution in [1.82, 2.24) is 31.4 Å². The van der Waals surface area contributed by atoms with Crippen LogP contribution in [0.4, 0.5) is 0 Å². The molecule has 0 aromatic carbocycles. The Morgan fingerprint density at radius 1 is 1.69 bits per heavy atom. The maximum atomic E-state index is 5.31. The molecule has 0 amide bonds. The lowest BCUT2D eigenvalue weighted by Gasteiger charge is -2.13. The molecular weight excluding hydrogens is 212 g/mol. The van der Waals surface area contributed by atoms with Gasteiger partial charge in [0.2, 0.25) is 5.96 Å². The molecule has 1 aromatic heterocycles. The molecule has 5 N–H and O–H groups in total. The molecule has 0 spiro atoms. The molecule has 90 valence electrons. The number of hydrazine groups is 1. The van der Waals surface area contributed by atoms with Crippen LogP contribution < -0.4 is 16.6 Å². The van der Waals surface area contributed by atoms with Gasteiger partial charge in [0.15, 0.2) is 5.82 Å². The van der Waals surface area contributed by atoms with E-state index in [-0.39, 0.29) is 6.04 Å². The van der Waals surface area contributed by atoms with E-state index >= 15 is 0 Å². The van der Waals surface area contributed by atoms with Crippen molar-refractivity contribution in [2.45, 2.75) is 13.0 Å². The SMILES string of the molecule is COCCN=C(NN)NC(C)c1nn[nH]n1. The number of ether oxygens (including phenoxy) is 1. The van der Waals surface area contributed by atoms with Gasteiger partial charge in [-0.1, -0.05) is 5.21 Å². The number of methoxy groups -OCH3 is 1. The van der Waals surface area contributed by atoms with Crippen LogP contribution in [0, 0.1) is 0 Å². The molecule has 9 heteroatoms. The van der Waals surface area contributed by atoms with Crippen LogP contribution in [0.1, 0.15) is 18.8 Å². The number of hydrogen-bond acceptors (Lipinski definition) is 6. The highest BCUT2D eigenvalue weighted by Crippen LogP contribution is 2.01. The van der Waals surface area contributed by atoms with Gasteiger partial charge in [0.25, 0.3) is 0 Å². The van der Waals surface area contributed by atoms with Gasteiger partial charge in [-0.3, -0.25) is 5.43 Å². The smallest absolute Gasteiger partial charge is 0.206 e. The summed E-state index contributed by atoms with van der Waals surface area (Å²) >= 11 is 0. The minimum Gasteiger partial charge on any atom is -0.383 e. The Balaban J connectivity index is 2.46. The third kappa shape index (κ3) is 3.79. The van der Waals surface area contributed by atoms with Crippen molar-refractivity contribution in [2.24, 2.45) is 10.8 Å². The third-order valence-corrected chi connectivity index (χ3v) is 1.80. The van der Waals surface area contributed by atoms with Crippen molar-refractivity contribution in [3.8, 4) is 0 Å². The molecule has 9 nitrogen and oxygen atoms in total. The molecular formula is C7H16N8O. The van der Waals surface area contributed by atoms with E-state index in [1.807, 2.05) is 6.92 Å². The zero-order valence-electron chi connectivity index (χ0n) is 9.27. The number of nitrogens with zero attached hydrogens (tertiary/aromatic N) is 4. The molecule has 1 unspecified atom stereocenters. The molecule has 1 rings (SSSR count). The molecule has 0 fully saturated rings. The van der Waals surface area contributed by atoms with E-state index in [0.717, 1.165) is 0 Å². The lowest BCUT2D eigenvalue weighted by atomic mass is 10.3. The number of H-pyrrole nitrogens is 1. The van der Waals surface area contributed by atoms with Crippen molar-refractivity contribution in [3.05, 3.63) is 5.82 Å². The molecule has 1 atom stereocenters. The predicted molar refractivity (Wildman–Crippen MR) is 57.2 cm³/mol. The van der Waals surface area contributed by atoms with E-state index in [9.17, 15) is 0 Å². The largest absolute Gasteiger partial charge is 0.383 e. The number of tetrazole rings is 1. The molecule has 0 aliphatic rings. The first-order valence-corrected chi connectivity index (χ1v) is 4.77. The van der Waals surface area contributed by atoms with Gasteiger partial charge in [-0.15, -0.1) is 10.2 Å². The first-order chi connectivity index (χ1) is 7.77. The first-order valence-electron chi connectivity index (χ1n) is 4.77. The number of hydrogen-bond donors (Lipinski definition) is 4. The van der Waals surface area contributed by atoms with E-state index in [1.54, 1.807) is 7.11 Å². The van der Waals surface area contributed by atoms with Gasteiger partial charge < -0.3 is 10.1 Å². The summed E-state index contributed by atoms with van der Waals surface area (Å²) in [6.07, 6.45) is 0. The maximum Gasteiger partial charge on any atom is 0.206 e. The zero-order chi connectivity index (χ0) is 11.8. The molecule has 0 aliphatic heterocycles. The van der Waals surface area contributed by atoms with E-state index in [4.69, 9.17) is 10.6 Å². The summed E-state index contributed by atoms with van der Waals surface area (Å²) < 4.78 is 4.87. The van der Waals surface area contributed by atoms with Gasteiger partial charge in [0.05, 0.1) is 19.2 Å². The van der Waals surface area contributed by atoms with Crippen LogP contribution in [-0.2, 0) is 4.74 Å². The van der Waals surface area contributed by atoms with Crippen molar-refractivity contribution in [1.29, 1.82) is 0 Å². The highest BCUT2D eigenvalue weighted by Gasteiger charge is 2.11. The molecule has 0 saturated heterocycles. The average Bonchev–Trinajstić information content (AvgIpc) is 2.81. The van der Waals surface area contributed by atoms with Crippen LogP contribution in [-0.4, -0.2) is 46.8 Å². The monoisotopic (exact) mass is 228 g/mol. The molecule has 16 heavy (non-hydrogen) atoms. The van der Waals surface area contributed by atoms with Gasteiger partial charge in [-0.2, -0.15) is 5.21 Å². The number of nitrogens with one attached hydrogen (secondary N) is 3. The molecule has 0 saturated carbocycles. The molecule has 0 radical (unpaired) electrons. The highest BCUT2D eigenvalue weighted by atomic mass is 16.5. The highest BCUT2D eigenvalue weighted by molar-refractivity contribution is 5.79. The summed E-state index contributed by atoms with van der Waals surface area (Å²) in [6.45, 7) is 2.92. The van der Waals surface area contributed by atoms with Crippen LogP contribution in [0.15, 0.2) is 4.99 Å². The second-order valence-corrected chi connectivity index (χ2v) is 3.00. The van der Waals surface area contributed by atoms with Gasteiger partial charge in [-0.25, -0.2) is 10.8 Å². The van der Waals surface area contributed by atoms with Crippen LogP contribution in [0.5, 0.6) is 0 Å². The Kier molecular flexibility index (Phi) is 5.16. The quantitative estimate of drug-likeness (QED) is 0.156. The van der Waals surface area contributed by atoms with Crippen LogP contribution in [0.2, 0.25) is 0 Å². The fourth-order valence-electron chi connectivity index (χ4n) is 1.00. The van der Waals surface area contributed by atoms with Crippen molar-refractivity contribution in [2.75, 3.05) is 20.3 Å². The van der Waals surface area contributed by atoms with E-state index in [2.05, 4.69) is 36.4 Å². The normalized spacial score (nSPS) is 13.6. The fraction of sp³-hybridized carbons (Fsp3) is 0.714. The number of aromatic amines is 1. The van der Waals surface area contributed by atoms with Crippen LogP contribution >= 0.6 is 0 Å². The summed E-state index contributed by atoms with van der Waals surface area (Å²) in [5.74, 6) is 6.30. The van der Waals surface area contributed by atoms with Gasteiger partial charge in [0.1, 0.15) is 0 Å². The summed E-state index contributed by atoms with van der Waals surface area (Å²) in [4.78, 5) is 4.14. The second-order valence-electron chi connectivity index (χ2n) is 3.00. The minimum absolute atomic E-state index is 0.143. The Labute approximate surface area is 92.8 Å². The molecule has 0 bridgehead atoms. The summed E-state index contributed by atoms with van der Waals surface area (Å²) in [5.41, 5.74) is 2.45. The summed E-state index contributed by atoms with van der Waals surface area (Å²) in [5, 5.41) is 16.5. The fourth-order valence-corrected chi connectivity index (χ4v) is 1.00. The number of guanidine groups is 1. The topological polar surface area (TPSA) is 126 Å². The maximum absolute atomic E-state index is 5.31. The average molecular weight is 228 g/mol. The molecule has 1 aromatic rings. The van der Waals surface area contributed by atoms with E-state index < -0.39 is 0 Å². The number of nitrogens with two attached hydrogens (primary N) is 1. The summed E-state index contributed by atoms with van der Waals surface area (Å²) in [7, 11) is 1.61. The van der Waals surface area contributed by atoms with Crippen LogP contribution in [0.3, 0.4) is 0 Å². The first kappa shape index (κ1) is 12.3. The van der Waals surface area contributed by atoms with Gasteiger partial charge in [-0.05, 0) is 6.92 Å². The Bertz CT molecular complexity index is 310. The zero-order valence-corrected chi connectivity index (χ0v) is 9.27. The lowest BCUT2D eigenvalue weighted by molar-refractivity contribution is 0.208. The Morgan fingerprint density at radius 2 is 2.50 bits per heavy atom. The standard InChI is InChI=1S/C7H16N8O/c1-5(6-12-14-15-13-6)10-7(11-8)9-3-4-16-2/h5H,3-4,8H2,1-2H3,(H2,9,10,11)(H,12,13,14,15). The van der Waals surface area contributed by atoms with Gasteiger partial charge in [0, 0.05) is 7.11 Å². The Morgan fingerprint density at radius 3 is 3.06 bits per heavy atom. The minimum atomic E-state index is -0.143. The number of rotatable bonds is 5. The number of aromatic nitrogens is 4. The van der Waals surface area contributed by atoms with Crippen molar-refractivity contribution < 1.29 is 4.74 Å². The molecule has 1 heterocycles.